The van der Waals surface area contributed by atoms with Crippen LogP contribution in [-0.2, 0) is 9.59 Å². The van der Waals surface area contributed by atoms with E-state index >= 15 is 0 Å². The van der Waals surface area contributed by atoms with Crippen LogP contribution in [0.1, 0.15) is 64.7 Å². The lowest BCUT2D eigenvalue weighted by Gasteiger charge is -1.99. The average molecular weight is 198 g/mol. The van der Waals surface area contributed by atoms with E-state index in [0.717, 1.165) is 25.5 Å². The maximum atomic E-state index is 10.6. The summed E-state index contributed by atoms with van der Waals surface area (Å²) in [5, 5.41) is 0. The highest BCUT2D eigenvalue weighted by molar-refractivity contribution is 5.75. The molecule has 2 heteroatoms. The first-order chi connectivity index (χ1) is 6.77. The first-order valence-electron chi connectivity index (χ1n) is 5.70. The summed E-state index contributed by atoms with van der Waals surface area (Å²) in [6, 6.07) is 0. The van der Waals surface area contributed by atoms with Crippen LogP contribution in [0.3, 0.4) is 0 Å². The Hall–Kier alpha value is -0.660. The van der Waals surface area contributed by atoms with Gasteiger partial charge in [-0.05, 0) is 19.8 Å². The number of hydrogen-bond acceptors (Lipinski definition) is 2. The van der Waals surface area contributed by atoms with E-state index in [1.54, 1.807) is 6.92 Å². The van der Waals surface area contributed by atoms with E-state index in [0.29, 0.717) is 12.2 Å². The fourth-order valence-corrected chi connectivity index (χ4v) is 1.49. The van der Waals surface area contributed by atoms with Gasteiger partial charge in [0.05, 0.1) is 0 Å². The lowest BCUT2D eigenvalue weighted by Crippen LogP contribution is -1.89. The van der Waals surface area contributed by atoms with Crippen LogP contribution in [0.2, 0.25) is 0 Å². The fraction of sp³-hybridized carbons (Fsp3) is 0.833. The van der Waals surface area contributed by atoms with Crippen molar-refractivity contribution in [3.8, 4) is 0 Å². The highest BCUT2D eigenvalue weighted by Crippen LogP contribution is 2.09. The first kappa shape index (κ1) is 13.3. The Morgan fingerprint density at radius 1 is 0.929 bits per heavy atom. The molecule has 0 aromatic carbocycles. The van der Waals surface area contributed by atoms with Crippen LogP contribution in [0, 0.1) is 0 Å². The molecule has 0 atom stereocenters. The summed E-state index contributed by atoms with van der Waals surface area (Å²) in [5.74, 6) is 0.302. The molecule has 0 aliphatic heterocycles. The maximum absolute atomic E-state index is 10.6. The van der Waals surface area contributed by atoms with Gasteiger partial charge in [-0.15, -0.1) is 0 Å². The van der Waals surface area contributed by atoms with Crippen molar-refractivity contribution in [3.63, 3.8) is 0 Å². The van der Waals surface area contributed by atoms with Gasteiger partial charge in [0.2, 0.25) is 0 Å². The molecule has 0 aliphatic rings. The van der Waals surface area contributed by atoms with Crippen molar-refractivity contribution in [1.82, 2.24) is 0 Å². The smallest absolute Gasteiger partial charge is 0.129 e. The van der Waals surface area contributed by atoms with E-state index in [1.165, 1.54) is 32.1 Å². The van der Waals surface area contributed by atoms with Gasteiger partial charge in [0.25, 0.3) is 0 Å². The van der Waals surface area contributed by atoms with Gasteiger partial charge in [-0.1, -0.05) is 32.1 Å². The summed E-state index contributed by atoms with van der Waals surface area (Å²) in [7, 11) is 0. The van der Waals surface area contributed by atoms with Gasteiger partial charge in [-0.2, -0.15) is 0 Å². The third-order valence-electron chi connectivity index (χ3n) is 2.35. The second-order valence-corrected chi connectivity index (χ2v) is 3.88. The molecule has 0 saturated heterocycles. The molecule has 0 amide bonds. The molecule has 0 heterocycles. The summed E-state index contributed by atoms with van der Waals surface area (Å²) < 4.78 is 0. The standard InChI is InChI=1S/C12H22O2/c1-12(14)10-8-6-4-2-3-5-7-9-11-13/h11H,2-10H2,1H3. The van der Waals surface area contributed by atoms with Gasteiger partial charge in [-0.3, -0.25) is 0 Å². The van der Waals surface area contributed by atoms with Crippen LogP contribution in [0.5, 0.6) is 0 Å². The Morgan fingerprint density at radius 3 is 1.93 bits per heavy atom. The second kappa shape index (κ2) is 10.4. The van der Waals surface area contributed by atoms with Gasteiger partial charge in [0.15, 0.2) is 0 Å². The zero-order valence-electron chi connectivity index (χ0n) is 9.26. The van der Waals surface area contributed by atoms with Crippen molar-refractivity contribution < 1.29 is 9.59 Å². The van der Waals surface area contributed by atoms with Crippen LogP contribution in [0.25, 0.3) is 0 Å². The second-order valence-electron chi connectivity index (χ2n) is 3.88. The first-order valence-corrected chi connectivity index (χ1v) is 5.70. The Bertz CT molecular complexity index is 152. The number of ketones is 1. The minimum atomic E-state index is 0.302. The molecule has 0 rings (SSSR count). The molecular formula is C12H22O2. The molecule has 14 heavy (non-hydrogen) atoms. The van der Waals surface area contributed by atoms with E-state index in [1.807, 2.05) is 0 Å². The number of hydrogen-bond donors (Lipinski definition) is 0. The summed E-state index contributed by atoms with van der Waals surface area (Å²) >= 11 is 0. The molecular weight excluding hydrogens is 176 g/mol. The molecule has 0 aliphatic carbocycles. The summed E-state index contributed by atoms with van der Waals surface area (Å²) in [5.41, 5.74) is 0. The van der Waals surface area contributed by atoms with Gasteiger partial charge in [0.1, 0.15) is 12.1 Å². The maximum Gasteiger partial charge on any atom is 0.129 e. The molecule has 0 bridgehead atoms. The van der Waals surface area contributed by atoms with Crippen molar-refractivity contribution in [2.45, 2.75) is 64.7 Å². The molecule has 0 aromatic rings. The fourth-order valence-electron chi connectivity index (χ4n) is 1.49. The van der Waals surface area contributed by atoms with Crippen LogP contribution in [0.15, 0.2) is 0 Å². The highest BCUT2D eigenvalue weighted by Gasteiger charge is 1.94. The molecule has 0 spiro atoms. The highest BCUT2D eigenvalue weighted by atomic mass is 16.1. The summed E-state index contributed by atoms with van der Waals surface area (Å²) in [4.78, 5) is 20.6. The zero-order chi connectivity index (χ0) is 10.6. The SMILES string of the molecule is CC(=O)CCCCCCCCCC=O. The summed E-state index contributed by atoms with van der Waals surface area (Å²) in [6.07, 6.45) is 10.6. The molecule has 82 valence electrons. The van der Waals surface area contributed by atoms with Crippen molar-refractivity contribution in [2.24, 2.45) is 0 Å². The van der Waals surface area contributed by atoms with Crippen LogP contribution < -0.4 is 0 Å². The van der Waals surface area contributed by atoms with Crippen LogP contribution >= 0.6 is 0 Å². The Labute approximate surface area is 87.1 Å². The van der Waals surface area contributed by atoms with E-state index in [2.05, 4.69) is 0 Å². The van der Waals surface area contributed by atoms with E-state index in [9.17, 15) is 9.59 Å². The number of carbonyl (C=O) groups is 2. The van der Waals surface area contributed by atoms with Gasteiger partial charge >= 0.3 is 0 Å². The minimum Gasteiger partial charge on any atom is -0.303 e. The topological polar surface area (TPSA) is 34.1 Å². The van der Waals surface area contributed by atoms with E-state index < -0.39 is 0 Å². The van der Waals surface area contributed by atoms with Crippen molar-refractivity contribution in [3.05, 3.63) is 0 Å². The quantitative estimate of drug-likeness (QED) is 0.399. The van der Waals surface area contributed by atoms with Crippen molar-refractivity contribution >= 4 is 12.1 Å². The minimum absolute atomic E-state index is 0.302. The normalized spacial score (nSPS) is 10.1. The van der Waals surface area contributed by atoms with Crippen molar-refractivity contribution in [1.29, 1.82) is 0 Å². The molecule has 2 nitrogen and oxygen atoms in total. The zero-order valence-corrected chi connectivity index (χ0v) is 9.26. The van der Waals surface area contributed by atoms with Gasteiger partial charge in [-0.25, -0.2) is 0 Å². The molecule has 0 unspecified atom stereocenters. The van der Waals surface area contributed by atoms with Crippen LogP contribution in [-0.4, -0.2) is 12.1 Å². The Kier molecular flexibility index (Phi) is 9.93. The average Bonchev–Trinajstić information content (AvgIpc) is 2.15. The Balaban J connectivity index is 2.92. The molecule has 0 radical (unpaired) electrons. The van der Waals surface area contributed by atoms with Gasteiger partial charge in [0, 0.05) is 12.8 Å². The molecule has 0 fully saturated rings. The number of Topliss-reactive ketones (excluding diaryl/α,β-unsaturated/α-hetero) is 1. The number of carbonyl (C=O) groups excluding carboxylic acids is 2. The van der Waals surface area contributed by atoms with Gasteiger partial charge < -0.3 is 9.59 Å². The number of aldehydes is 1. The number of unbranched alkanes of at least 4 members (excludes halogenated alkanes) is 7. The third kappa shape index (κ3) is 11.3. The lowest BCUT2D eigenvalue weighted by molar-refractivity contribution is -0.117. The molecule has 0 aromatic heterocycles. The van der Waals surface area contributed by atoms with Crippen molar-refractivity contribution in [2.75, 3.05) is 0 Å². The largest absolute Gasteiger partial charge is 0.303 e. The summed E-state index contributed by atoms with van der Waals surface area (Å²) in [6.45, 7) is 1.65. The predicted molar refractivity (Wildman–Crippen MR) is 58.3 cm³/mol. The Morgan fingerprint density at radius 2 is 1.43 bits per heavy atom. The van der Waals surface area contributed by atoms with E-state index in [-0.39, 0.29) is 0 Å². The van der Waals surface area contributed by atoms with E-state index in [4.69, 9.17) is 0 Å². The van der Waals surface area contributed by atoms with Crippen LogP contribution in [0.4, 0.5) is 0 Å². The number of rotatable bonds is 10. The third-order valence-corrected chi connectivity index (χ3v) is 2.35. The predicted octanol–water partition coefficient (Wildman–Crippen LogP) is 3.29. The lowest BCUT2D eigenvalue weighted by atomic mass is 10.1. The molecule has 0 saturated carbocycles. The monoisotopic (exact) mass is 198 g/mol. The molecule has 0 N–H and O–H groups in total.